The lowest BCUT2D eigenvalue weighted by molar-refractivity contribution is -0.205. The van der Waals surface area contributed by atoms with Crippen molar-refractivity contribution in [3.8, 4) is 0 Å². The number of aryl methyl sites for hydroxylation is 1. The summed E-state index contributed by atoms with van der Waals surface area (Å²) in [6, 6.07) is 40.7. The molecule has 6 aromatic rings. The summed E-state index contributed by atoms with van der Waals surface area (Å²) in [5.74, 6) is -2.13. The average Bonchev–Trinajstić information content (AvgIpc) is 3.73. The first-order chi connectivity index (χ1) is 28.1. The maximum Gasteiger partial charge on any atom is 0.336 e. The summed E-state index contributed by atoms with van der Waals surface area (Å²) in [4.78, 5) is 44.8. The normalized spacial score (nSPS) is 20.0. The van der Waals surface area contributed by atoms with Gasteiger partial charge < -0.3 is 34.5 Å². The van der Waals surface area contributed by atoms with Crippen LogP contribution in [-0.2, 0) is 53.8 Å². The molecule has 13 heteroatoms. The molecular weight excluding hydrogens is 741 g/mol. The highest BCUT2D eigenvalue weighted by Crippen LogP contribution is 2.46. The molecule has 2 fully saturated rings. The Morgan fingerprint density at radius 2 is 1.40 bits per heavy atom. The number of nitrogen functional groups attached to an aromatic ring is 1. The van der Waals surface area contributed by atoms with Gasteiger partial charge in [0, 0.05) is 6.42 Å². The second kappa shape index (κ2) is 16.1. The SMILES string of the molecule is CC1(C)O[C@@H]2[C@H](O1)[C@@H](COC(c1ccccc1)(c1ccccc1)c1ccccc1)O[C@H]2n1c(=O)n(COCc2ccccc2)c(=O)c2cc(CCC(=O)O)c(N)nc21. The van der Waals surface area contributed by atoms with Gasteiger partial charge >= 0.3 is 11.7 Å². The molecule has 13 nitrogen and oxygen atoms in total. The molecule has 8 rings (SSSR count). The van der Waals surface area contributed by atoms with E-state index in [1.165, 1.54) is 10.6 Å². The van der Waals surface area contributed by atoms with Gasteiger partial charge in [-0.05, 0) is 54.2 Å². The van der Waals surface area contributed by atoms with Gasteiger partial charge in [-0.25, -0.2) is 18.9 Å². The predicted molar refractivity (Wildman–Crippen MR) is 215 cm³/mol. The van der Waals surface area contributed by atoms with Crippen LogP contribution in [0.3, 0.4) is 0 Å². The molecule has 2 aliphatic heterocycles. The van der Waals surface area contributed by atoms with Crippen LogP contribution in [0.4, 0.5) is 5.82 Å². The van der Waals surface area contributed by atoms with Crippen molar-refractivity contribution in [3.63, 3.8) is 0 Å². The highest BCUT2D eigenvalue weighted by atomic mass is 16.8. The van der Waals surface area contributed by atoms with E-state index in [2.05, 4.69) is 4.98 Å². The van der Waals surface area contributed by atoms with Crippen molar-refractivity contribution in [3.05, 3.63) is 176 Å². The van der Waals surface area contributed by atoms with Gasteiger partial charge in [0.2, 0.25) is 0 Å². The van der Waals surface area contributed by atoms with Gasteiger partial charge in [0.15, 0.2) is 17.7 Å². The number of fused-ring (bicyclic) bond motifs is 2. The van der Waals surface area contributed by atoms with Crippen LogP contribution in [0.25, 0.3) is 11.0 Å². The minimum absolute atomic E-state index is 0.00278. The molecule has 2 saturated heterocycles. The number of aliphatic carboxylic acids is 1. The minimum Gasteiger partial charge on any atom is -0.481 e. The third-order valence-electron chi connectivity index (χ3n) is 10.6. The number of pyridine rings is 1. The van der Waals surface area contributed by atoms with E-state index in [9.17, 15) is 19.5 Å². The fraction of sp³-hybridized carbons (Fsp3) is 0.289. The molecule has 4 aromatic carbocycles. The van der Waals surface area contributed by atoms with E-state index in [0.29, 0.717) is 5.56 Å². The molecule has 0 unspecified atom stereocenters. The predicted octanol–water partition coefficient (Wildman–Crippen LogP) is 5.76. The van der Waals surface area contributed by atoms with E-state index in [0.717, 1.165) is 26.8 Å². The van der Waals surface area contributed by atoms with Crippen molar-refractivity contribution >= 4 is 22.8 Å². The van der Waals surface area contributed by atoms with E-state index < -0.39 is 53.1 Å². The maximum absolute atomic E-state index is 14.7. The zero-order valence-electron chi connectivity index (χ0n) is 32.1. The van der Waals surface area contributed by atoms with Crippen molar-refractivity contribution < 1.29 is 33.6 Å². The van der Waals surface area contributed by atoms with Crippen LogP contribution < -0.4 is 17.0 Å². The molecule has 0 spiro atoms. The standard InChI is InChI=1S/C45H44N4O9/c1-44(2)57-37-35(27-55-45(31-17-9-4-10-18-31,32-19-11-5-12-20-32)33-21-13-6-14-22-33)56-42(38(37)58-44)49-40-34(25-30(39(46)47-40)23-24-36(50)51)41(52)48(43(49)53)28-54-26-29-15-7-3-8-16-29/h3-22,25,35,37-38,42H,23-24,26-28H2,1-2H3,(H2,46,47)(H,50,51)/t35-,37-,38-,42-/m1/s1. The number of carbonyl (C=O) groups is 1. The Balaban J connectivity index is 1.22. The third kappa shape index (κ3) is 7.46. The van der Waals surface area contributed by atoms with Gasteiger partial charge in [-0.15, -0.1) is 0 Å². The number of nitrogens with two attached hydrogens (primary N) is 1. The van der Waals surface area contributed by atoms with E-state index in [-0.39, 0.29) is 49.6 Å². The molecular formula is C45H44N4O9. The Hall–Kier alpha value is -5.96. The van der Waals surface area contributed by atoms with Gasteiger partial charge in [0.25, 0.3) is 5.56 Å². The van der Waals surface area contributed by atoms with Gasteiger partial charge in [0.05, 0.1) is 18.6 Å². The molecule has 58 heavy (non-hydrogen) atoms. The molecule has 2 aromatic heterocycles. The smallest absolute Gasteiger partial charge is 0.336 e. The minimum atomic E-state index is -1.16. The molecule has 0 saturated carbocycles. The first-order valence-corrected chi connectivity index (χ1v) is 19.2. The largest absolute Gasteiger partial charge is 0.481 e. The summed E-state index contributed by atoms with van der Waals surface area (Å²) >= 11 is 0. The van der Waals surface area contributed by atoms with Crippen LogP contribution in [0.5, 0.6) is 0 Å². The van der Waals surface area contributed by atoms with Gasteiger partial charge in [-0.2, -0.15) is 0 Å². The number of carboxylic acid groups (broad SMARTS) is 1. The first kappa shape index (κ1) is 38.9. The lowest BCUT2D eigenvalue weighted by Crippen LogP contribution is -2.44. The second-order valence-electron chi connectivity index (χ2n) is 14.9. The highest BCUT2D eigenvalue weighted by molar-refractivity contribution is 5.78. The fourth-order valence-electron chi connectivity index (χ4n) is 7.94. The van der Waals surface area contributed by atoms with Crippen molar-refractivity contribution in [2.75, 3.05) is 12.3 Å². The Morgan fingerprint density at radius 1 is 0.845 bits per heavy atom. The molecule has 2 aliphatic rings. The molecule has 0 amide bonds. The zero-order valence-corrected chi connectivity index (χ0v) is 32.1. The number of aromatic nitrogens is 3. The van der Waals surface area contributed by atoms with Crippen LogP contribution in [0.15, 0.2) is 137 Å². The number of rotatable bonds is 14. The number of anilines is 1. The fourth-order valence-corrected chi connectivity index (χ4v) is 7.94. The highest BCUT2D eigenvalue weighted by Gasteiger charge is 2.57. The quantitative estimate of drug-likeness (QED) is 0.129. The van der Waals surface area contributed by atoms with Crippen molar-refractivity contribution in [1.82, 2.24) is 14.1 Å². The zero-order chi connectivity index (χ0) is 40.4. The summed E-state index contributed by atoms with van der Waals surface area (Å²) in [6.45, 7) is 3.31. The Kier molecular flexibility index (Phi) is 10.8. The number of benzene rings is 4. The monoisotopic (exact) mass is 784 g/mol. The Morgan fingerprint density at radius 3 is 1.97 bits per heavy atom. The lowest BCUT2D eigenvalue weighted by Gasteiger charge is -2.37. The topological polar surface area (TPSA) is 166 Å². The molecule has 4 atom stereocenters. The summed E-state index contributed by atoms with van der Waals surface area (Å²) in [7, 11) is 0. The van der Waals surface area contributed by atoms with Gasteiger partial charge in [-0.3, -0.25) is 9.59 Å². The van der Waals surface area contributed by atoms with Crippen molar-refractivity contribution in [2.24, 2.45) is 0 Å². The summed E-state index contributed by atoms with van der Waals surface area (Å²) in [5, 5.41) is 9.43. The van der Waals surface area contributed by atoms with Crippen LogP contribution in [0.2, 0.25) is 0 Å². The van der Waals surface area contributed by atoms with E-state index in [1.54, 1.807) is 13.8 Å². The Bertz CT molecular complexity index is 2410. The third-order valence-corrected chi connectivity index (χ3v) is 10.6. The molecule has 4 heterocycles. The van der Waals surface area contributed by atoms with Gasteiger partial charge in [0.1, 0.15) is 36.5 Å². The lowest BCUT2D eigenvalue weighted by atomic mass is 9.80. The van der Waals surface area contributed by atoms with E-state index in [4.69, 9.17) is 29.4 Å². The van der Waals surface area contributed by atoms with E-state index in [1.807, 2.05) is 121 Å². The average molecular weight is 785 g/mol. The van der Waals surface area contributed by atoms with E-state index >= 15 is 0 Å². The van der Waals surface area contributed by atoms with Crippen LogP contribution in [-0.4, -0.2) is 55.9 Å². The molecule has 298 valence electrons. The van der Waals surface area contributed by atoms with Crippen LogP contribution >= 0.6 is 0 Å². The van der Waals surface area contributed by atoms with Crippen molar-refractivity contribution in [2.45, 2.75) is 76.0 Å². The number of hydrogen-bond donors (Lipinski definition) is 2. The molecule has 0 radical (unpaired) electrons. The Labute approximate surface area is 334 Å². The number of hydrogen-bond acceptors (Lipinski definition) is 10. The summed E-state index contributed by atoms with van der Waals surface area (Å²) in [6.07, 6.45) is -3.73. The molecule has 0 bridgehead atoms. The number of carboxylic acids is 1. The second-order valence-corrected chi connectivity index (χ2v) is 14.9. The summed E-state index contributed by atoms with van der Waals surface area (Å²) in [5.41, 5.74) is 7.72. The number of nitrogens with zero attached hydrogens (tertiary/aromatic N) is 3. The van der Waals surface area contributed by atoms with Crippen molar-refractivity contribution in [1.29, 1.82) is 0 Å². The van der Waals surface area contributed by atoms with Gasteiger partial charge in [-0.1, -0.05) is 121 Å². The maximum atomic E-state index is 14.7. The molecule has 0 aliphatic carbocycles. The first-order valence-electron chi connectivity index (χ1n) is 19.2. The van der Waals surface area contributed by atoms with Crippen LogP contribution in [0, 0.1) is 0 Å². The summed E-state index contributed by atoms with van der Waals surface area (Å²) < 4.78 is 35.1. The van der Waals surface area contributed by atoms with Crippen LogP contribution in [0.1, 0.15) is 54.3 Å². The number of ether oxygens (including phenoxy) is 5. The molecule has 3 N–H and O–H groups in total.